The molecule has 0 bridgehead atoms. The standard InChI is InChI=1S/C27H30N4O5/c1-26(33-2)24(35-16-20-11-7-4-8-12-20)22(17-34-15-19-9-5-3-6-10-19)36-27(26,32)23-14-13-21-25(28)29-18-30-31(21)23/h3-14,18,22,24,32H,15-17H2,1-2H3,(H2,28,29,30). The zero-order valence-corrected chi connectivity index (χ0v) is 20.3. The number of rotatable bonds is 9. The van der Waals surface area contributed by atoms with Gasteiger partial charge in [-0.3, -0.25) is 0 Å². The van der Waals surface area contributed by atoms with E-state index in [1.165, 1.54) is 18.0 Å². The summed E-state index contributed by atoms with van der Waals surface area (Å²) in [6.45, 7) is 2.65. The minimum absolute atomic E-state index is 0.177. The predicted octanol–water partition coefficient (Wildman–Crippen LogP) is 3.06. The average Bonchev–Trinajstić information content (AvgIpc) is 3.43. The summed E-state index contributed by atoms with van der Waals surface area (Å²) in [4.78, 5) is 4.04. The predicted molar refractivity (Wildman–Crippen MR) is 133 cm³/mol. The Kier molecular flexibility index (Phi) is 6.74. The van der Waals surface area contributed by atoms with Crippen molar-refractivity contribution in [3.05, 3.63) is 95.9 Å². The lowest BCUT2D eigenvalue weighted by atomic mass is 9.87. The van der Waals surface area contributed by atoms with Crippen molar-refractivity contribution in [2.24, 2.45) is 0 Å². The van der Waals surface area contributed by atoms with Crippen molar-refractivity contribution in [1.29, 1.82) is 0 Å². The number of hydrogen-bond donors (Lipinski definition) is 2. The quantitative estimate of drug-likeness (QED) is 0.368. The van der Waals surface area contributed by atoms with Crippen LogP contribution in [0, 0.1) is 0 Å². The van der Waals surface area contributed by atoms with Gasteiger partial charge in [-0.1, -0.05) is 60.7 Å². The third-order valence-electron chi connectivity index (χ3n) is 6.79. The van der Waals surface area contributed by atoms with Crippen molar-refractivity contribution in [1.82, 2.24) is 14.6 Å². The van der Waals surface area contributed by atoms with Gasteiger partial charge in [-0.2, -0.15) is 5.10 Å². The molecule has 188 valence electrons. The highest BCUT2D eigenvalue weighted by atomic mass is 16.7. The summed E-state index contributed by atoms with van der Waals surface area (Å²) in [7, 11) is 1.53. The number of benzene rings is 2. The van der Waals surface area contributed by atoms with Gasteiger partial charge in [0.05, 0.1) is 19.8 Å². The number of nitrogens with two attached hydrogens (primary N) is 1. The molecule has 36 heavy (non-hydrogen) atoms. The number of anilines is 1. The molecule has 0 radical (unpaired) electrons. The van der Waals surface area contributed by atoms with Gasteiger partial charge in [-0.15, -0.1) is 0 Å². The first kappa shape index (κ1) is 24.4. The molecule has 0 amide bonds. The van der Waals surface area contributed by atoms with E-state index in [0.29, 0.717) is 24.4 Å². The summed E-state index contributed by atoms with van der Waals surface area (Å²) < 4.78 is 26.2. The molecule has 0 spiro atoms. The lowest BCUT2D eigenvalue weighted by Crippen LogP contribution is -2.55. The van der Waals surface area contributed by atoms with Crippen LogP contribution in [0.15, 0.2) is 79.1 Å². The van der Waals surface area contributed by atoms with E-state index in [9.17, 15) is 5.11 Å². The van der Waals surface area contributed by atoms with Gasteiger partial charge in [0.1, 0.15) is 29.7 Å². The van der Waals surface area contributed by atoms with E-state index in [1.54, 1.807) is 19.1 Å². The molecular formula is C27H30N4O5. The highest BCUT2D eigenvalue weighted by Crippen LogP contribution is 2.49. The molecule has 1 saturated heterocycles. The smallest absolute Gasteiger partial charge is 0.243 e. The zero-order valence-electron chi connectivity index (χ0n) is 20.3. The first-order chi connectivity index (χ1) is 17.5. The number of nitrogen functional groups attached to an aromatic ring is 1. The third-order valence-corrected chi connectivity index (χ3v) is 6.79. The van der Waals surface area contributed by atoms with Crippen LogP contribution in [0.4, 0.5) is 5.82 Å². The van der Waals surface area contributed by atoms with Crippen LogP contribution in [0.2, 0.25) is 0 Å². The minimum Gasteiger partial charge on any atom is -0.382 e. The molecule has 1 fully saturated rings. The maximum Gasteiger partial charge on any atom is 0.243 e. The largest absolute Gasteiger partial charge is 0.382 e. The molecule has 2 aromatic heterocycles. The van der Waals surface area contributed by atoms with Gasteiger partial charge >= 0.3 is 0 Å². The van der Waals surface area contributed by atoms with Gasteiger partial charge in [0, 0.05) is 7.11 Å². The molecular weight excluding hydrogens is 460 g/mol. The molecule has 9 heteroatoms. The van der Waals surface area contributed by atoms with E-state index in [-0.39, 0.29) is 12.4 Å². The van der Waals surface area contributed by atoms with Crippen molar-refractivity contribution < 1.29 is 24.1 Å². The maximum absolute atomic E-state index is 12.1. The normalized spacial score (nSPS) is 26.0. The molecule has 1 aliphatic rings. The van der Waals surface area contributed by atoms with Gasteiger partial charge in [0.25, 0.3) is 0 Å². The molecule has 4 aromatic rings. The summed E-state index contributed by atoms with van der Waals surface area (Å²) in [6.07, 6.45) is 0.0170. The highest BCUT2D eigenvalue weighted by molar-refractivity contribution is 5.65. The first-order valence-corrected chi connectivity index (χ1v) is 11.8. The van der Waals surface area contributed by atoms with Crippen molar-refractivity contribution >= 4 is 11.3 Å². The Balaban J connectivity index is 1.47. The summed E-state index contributed by atoms with van der Waals surface area (Å²) >= 11 is 0. The van der Waals surface area contributed by atoms with Crippen LogP contribution >= 0.6 is 0 Å². The first-order valence-electron chi connectivity index (χ1n) is 11.8. The molecule has 4 unspecified atom stereocenters. The number of aromatic nitrogens is 3. The Bertz CT molecular complexity index is 1300. The van der Waals surface area contributed by atoms with E-state index >= 15 is 0 Å². The second-order valence-corrected chi connectivity index (χ2v) is 8.99. The fourth-order valence-corrected chi connectivity index (χ4v) is 4.74. The Morgan fingerprint density at radius 3 is 2.33 bits per heavy atom. The molecule has 0 saturated carbocycles. The number of hydrogen-bond acceptors (Lipinski definition) is 8. The Morgan fingerprint density at radius 1 is 1.00 bits per heavy atom. The molecule has 0 aliphatic carbocycles. The van der Waals surface area contributed by atoms with E-state index in [2.05, 4.69) is 10.1 Å². The molecule has 3 N–H and O–H groups in total. The Hall–Kier alpha value is -3.34. The molecule has 5 rings (SSSR count). The Morgan fingerprint density at radius 2 is 1.67 bits per heavy atom. The van der Waals surface area contributed by atoms with Gasteiger partial charge in [0.2, 0.25) is 5.79 Å². The van der Waals surface area contributed by atoms with E-state index in [0.717, 1.165) is 11.1 Å². The van der Waals surface area contributed by atoms with Crippen LogP contribution < -0.4 is 5.73 Å². The number of aliphatic hydroxyl groups is 1. The maximum atomic E-state index is 12.1. The number of methoxy groups -OCH3 is 1. The van der Waals surface area contributed by atoms with Gasteiger partial charge < -0.3 is 29.8 Å². The summed E-state index contributed by atoms with van der Waals surface area (Å²) in [5.41, 5.74) is 7.65. The third kappa shape index (κ3) is 4.25. The van der Waals surface area contributed by atoms with Crippen LogP contribution in [-0.2, 0) is 37.9 Å². The lowest BCUT2D eigenvalue weighted by molar-refractivity contribution is -0.284. The molecule has 1 aliphatic heterocycles. The number of ether oxygens (including phenoxy) is 4. The monoisotopic (exact) mass is 490 g/mol. The lowest BCUT2D eigenvalue weighted by Gasteiger charge is -2.38. The molecule has 9 nitrogen and oxygen atoms in total. The SMILES string of the molecule is COC1(C)C(OCc2ccccc2)C(COCc2ccccc2)OC1(O)c1ccc2c(N)ncnn12. The van der Waals surface area contributed by atoms with Crippen molar-refractivity contribution in [2.45, 2.75) is 43.7 Å². The summed E-state index contributed by atoms with van der Waals surface area (Å²) in [6, 6.07) is 23.1. The van der Waals surface area contributed by atoms with Crippen molar-refractivity contribution in [2.75, 3.05) is 19.5 Å². The number of nitrogens with zero attached hydrogens (tertiary/aromatic N) is 3. The summed E-state index contributed by atoms with van der Waals surface area (Å²) in [5.74, 6) is -1.63. The van der Waals surface area contributed by atoms with E-state index < -0.39 is 23.6 Å². The van der Waals surface area contributed by atoms with Gasteiger partial charge in [0.15, 0.2) is 11.4 Å². The molecule has 3 heterocycles. The van der Waals surface area contributed by atoms with Crippen LogP contribution in [-0.4, -0.2) is 51.2 Å². The topological polar surface area (TPSA) is 113 Å². The van der Waals surface area contributed by atoms with Crippen LogP contribution in [0.1, 0.15) is 23.7 Å². The van der Waals surface area contributed by atoms with Gasteiger partial charge in [-0.05, 0) is 30.2 Å². The summed E-state index contributed by atoms with van der Waals surface area (Å²) in [5, 5.41) is 16.4. The zero-order chi connectivity index (χ0) is 25.2. The fourth-order valence-electron chi connectivity index (χ4n) is 4.74. The highest BCUT2D eigenvalue weighted by Gasteiger charge is 2.66. The van der Waals surface area contributed by atoms with Crippen LogP contribution in [0.3, 0.4) is 0 Å². The number of fused-ring (bicyclic) bond motifs is 1. The Labute approximate surface area is 209 Å². The van der Waals surface area contributed by atoms with Crippen LogP contribution in [0.25, 0.3) is 5.52 Å². The van der Waals surface area contributed by atoms with Crippen molar-refractivity contribution in [3.8, 4) is 0 Å². The molecule has 4 atom stereocenters. The minimum atomic E-state index is -1.92. The van der Waals surface area contributed by atoms with Crippen molar-refractivity contribution in [3.63, 3.8) is 0 Å². The van der Waals surface area contributed by atoms with E-state index in [4.69, 9.17) is 24.7 Å². The molecule has 2 aromatic carbocycles. The van der Waals surface area contributed by atoms with E-state index in [1.807, 2.05) is 60.7 Å². The second-order valence-electron chi connectivity index (χ2n) is 8.99. The fraction of sp³-hybridized carbons (Fsp3) is 0.333. The second kappa shape index (κ2) is 9.96. The average molecular weight is 491 g/mol. The van der Waals surface area contributed by atoms with Gasteiger partial charge in [-0.25, -0.2) is 9.50 Å². The van der Waals surface area contributed by atoms with Crippen LogP contribution in [0.5, 0.6) is 0 Å².